The molecule has 0 aliphatic carbocycles. The zero-order valence-corrected chi connectivity index (χ0v) is 9.01. The average Bonchev–Trinajstić information content (AvgIpc) is 2.59. The smallest absolute Gasteiger partial charge is 0.415 e. The molecule has 1 aromatic heterocycles. The fourth-order valence-corrected chi connectivity index (χ4v) is 1.19. The van der Waals surface area contributed by atoms with E-state index in [0.29, 0.717) is 11.5 Å². The SMILES string of the molecule is Cc1ccc(C(C)NCC(O)C(F)(F)F)o1. The van der Waals surface area contributed by atoms with Gasteiger partial charge in [-0.15, -0.1) is 0 Å². The third kappa shape index (κ3) is 3.53. The third-order valence-corrected chi connectivity index (χ3v) is 2.18. The number of aryl methyl sites for hydroxylation is 1. The van der Waals surface area contributed by atoms with Crippen LogP contribution in [0.2, 0.25) is 0 Å². The Labute approximate surface area is 91.3 Å². The molecule has 1 rings (SSSR count). The normalized spacial score (nSPS) is 16.1. The zero-order valence-electron chi connectivity index (χ0n) is 9.01. The van der Waals surface area contributed by atoms with Crippen LogP contribution in [-0.2, 0) is 0 Å². The van der Waals surface area contributed by atoms with Gasteiger partial charge in [-0.05, 0) is 26.0 Å². The molecule has 2 N–H and O–H groups in total. The Kier molecular flexibility index (Phi) is 3.98. The highest BCUT2D eigenvalue weighted by atomic mass is 19.4. The number of hydrogen-bond acceptors (Lipinski definition) is 3. The first-order valence-electron chi connectivity index (χ1n) is 4.85. The minimum atomic E-state index is -4.59. The van der Waals surface area contributed by atoms with E-state index in [1.165, 1.54) is 0 Å². The molecule has 0 spiro atoms. The van der Waals surface area contributed by atoms with Crippen molar-refractivity contribution in [3.05, 3.63) is 23.7 Å². The summed E-state index contributed by atoms with van der Waals surface area (Å²) >= 11 is 0. The lowest BCUT2D eigenvalue weighted by Crippen LogP contribution is -2.39. The van der Waals surface area contributed by atoms with Crippen molar-refractivity contribution in [1.29, 1.82) is 0 Å². The Bertz CT molecular complexity index is 335. The molecule has 3 nitrogen and oxygen atoms in total. The molecule has 0 saturated heterocycles. The lowest BCUT2D eigenvalue weighted by Gasteiger charge is -2.17. The van der Waals surface area contributed by atoms with Crippen molar-refractivity contribution in [3.63, 3.8) is 0 Å². The van der Waals surface area contributed by atoms with E-state index < -0.39 is 18.8 Å². The second-order valence-corrected chi connectivity index (χ2v) is 3.64. The molecule has 6 heteroatoms. The molecule has 16 heavy (non-hydrogen) atoms. The average molecular weight is 237 g/mol. The van der Waals surface area contributed by atoms with Crippen LogP contribution >= 0.6 is 0 Å². The van der Waals surface area contributed by atoms with E-state index in [4.69, 9.17) is 9.52 Å². The summed E-state index contributed by atoms with van der Waals surface area (Å²) in [6.07, 6.45) is -6.95. The molecule has 0 saturated carbocycles. The maximum atomic E-state index is 12.0. The predicted molar refractivity (Wildman–Crippen MR) is 51.9 cm³/mol. The van der Waals surface area contributed by atoms with Crippen molar-refractivity contribution in [2.24, 2.45) is 0 Å². The number of furan rings is 1. The van der Waals surface area contributed by atoms with Crippen LogP contribution in [0.3, 0.4) is 0 Å². The molecular weight excluding hydrogens is 223 g/mol. The summed E-state index contributed by atoms with van der Waals surface area (Å²) in [6, 6.07) is 3.05. The van der Waals surface area contributed by atoms with Gasteiger partial charge in [-0.25, -0.2) is 0 Å². The number of halogens is 3. The molecule has 92 valence electrons. The summed E-state index contributed by atoms with van der Waals surface area (Å²) < 4.78 is 41.2. The summed E-state index contributed by atoms with van der Waals surface area (Å²) in [6.45, 7) is 2.87. The van der Waals surface area contributed by atoms with Crippen LogP contribution in [0.4, 0.5) is 13.2 Å². The standard InChI is InChI=1S/C10H14F3NO2/c1-6-3-4-8(16-6)7(2)14-5-9(15)10(11,12)13/h3-4,7,9,14-15H,5H2,1-2H3. The van der Waals surface area contributed by atoms with Crippen molar-refractivity contribution < 1.29 is 22.7 Å². The fraction of sp³-hybridized carbons (Fsp3) is 0.600. The minimum Gasteiger partial charge on any atom is -0.465 e. The third-order valence-electron chi connectivity index (χ3n) is 2.18. The highest BCUT2D eigenvalue weighted by Gasteiger charge is 2.38. The quantitative estimate of drug-likeness (QED) is 0.843. The molecule has 1 aromatic rings. The number of rotatable bonds is 4. The van der Waals surface area contributed by atoms with Gasteiger partial charge in [0, 0.05) is 6.54 Å². The first-order chi connectivity index (χ1) is 7.30. The van der Waals surface area contributed by atoms with E-state index in [-0.39, 0.29) is 6.04 Å². The van der Waals surface area contributed by atoms with E-state index in [9.17, 15) is 13.2 Å². The molecule has 0 bridgehead atoms. The molecule has 0 aliphatic heterocycles. The van der Waals surface area contributed by atoms with Crippen molar-refractivity contribution in [2.75, 3.05) is 6.54 Å². The van der Waals surface area contributed by atoms with Crippen molar-refractivity contribution in [1.82, 2.24) is 5.32 Å². The second-order valence-electron chi connectivity index (χ2n) is 3.64. The van der Waals surface area contributed by atoms with Crippen LogP contribution in [-0.4, -0.2) is 23.9 Å². The summed E-state index contributed by atoms with van der Waals surface area (Å²) in [5, 5.41) is 11.3. The van der Waals surface area contributed by atoms with Crippen molar-refractivity contribution in [3.8, 4) is 0 Å². The summed E-state index contributed by atoms with van der Waals surface area (Å²) in [5.41, 5.74) is 0. The molecule has 1 heterocycles. The molecule has 0 amide bonds. The van der Waals surface area contributed by atoms with Gasteiger partial charge in [-0.3, -0.25) is 0 Å². The van der Waals surface area contributed by atoms with Gasteiger partial charge in [0.15, 0.2) is 6.10 Å². The number of aliphatic hydroxyl groups excluding tert-OH is 1. The van der Waals surface area contributed by atoms with Gasteiger partial charge in [0.05, 0.1) is 6.04 Å². The maximum Gasteiger partial charge on any atom is 0.415 e. The topological polar surface area (TPSA) is 45.4 Å². The fourth-order valence-electron chi connectivity index (χ4n) is 1.19. The van der Waals surface area contributed by atoms with Gasteiger partial charge in [0.25, 0.3) is 0 Å². The van der Waals surface area contributed by atoms with Crippen LogP contribution < -0.4 is 5.32 Å². The van der Waals surface area contributed by atoms with E-state index in [1.807, 2.05) is 0 Å². The van der Waals surface area contributed by atoms with Gasteiger partial charge >= 0.3 is 6.18 Å². The number of hydrogen-bond donors (Lipinski definition) is 2. The minimum absolute atomic E-state index is 0.370. The highest BCUT2D eigenvalue weighted by molar-refractivity contribution is 5.08. The van der Waals surface area contributed by atoms with Gasteiger partial charge in [-0.1, -0.05) is 0 Å². The number of aliphatic hydroxyl groups is 1. The monoisotopic (exact) mass is 237 g/mol. The Morgan fingerprint density at radius 3 is 2.50 bits per heavy atom. The van der Waals surface area contributed by atoms with Gasteiger partial charge in [-0.2, -0.15) is 13.2 Å². The molecule has 0 aromatic carbocycles. The molecule has 0 fully saturated rings. The Hall–Kier alpha value is -1.01. The number of nitrogens with one attached hydrogen (secondary N) is 1. The Morgan fingerprint density at radius 2 is 2.06 bits per heavy atom. The van der Waals surface area contributed by atoms with E-state index >= 15 is 0 Å². The van der Waals surface area contributed by atoms with Gasteiger partial charge in [0.1, 0.15) is 11.5 Å². The van der Waals surface area contributed by atoms with Crippen LogP contribution in [0.25, 0.3) is 0 Å². The first-order valence-corrected chi connectivity index (χ1v) is 4.85. The summed E-state index contributed by atoms with van der Waals surface area (Å²) in [4.78, 5) is 0. The molecule has 0 aliphatic rings. The zero-order chi connectivity index (χ0) is 12.3. The van der Waals surface area contributed by atoms with Gasteiger partial charge in [0.2, 0.25) is 0 Å². The van der Waals surface area contributed by atoms with Crippen molar-refractivity contribution in [2.45, 2.75) is 32.2 Å². The van der Waals surface area contributed by atoms with E-state index in [1.54, 1.807) is 26.0 Å². The highest BCUT2D eigenvalue weighted by Crippen LogP contribution is 2.21. The summed E-state index contributed by atoms with van der Waals surface area (Å²) in [5.74, 6) is 1.24. The Morgan fingerprint density at radius 1 is 1.44 bits per heavy atom. The number of alkyl halides is 3. The van der Waals surface area contributed by atoms with E-state index in [0.717, 1.165) is 0 Å². The molecular formula is C10H14F3NO2. The van der Waals surface area contributed by atoms with Crippen LogP contribution in [0.5, 0.6) is 0 Å². The van der Waals surface area contributed by atoms with Gasteiger partial charge < -0.3 is 14.8 Å². The lowest BCUT2D eigenvalue weighted by atomic mass is 10.2. The predicted octanol–water partition coefficient (Wildman–Crippen LogP) is 2.16. The van der Waals surface area contributed by atoms with Crippen LogP contribution in [0.15, 0.2) is 16.5 Å². The van der Waals surface area contributed by atoms with Crippen LogP contribution in [0, 0.1) is 6.92 Å². The van der Waals surface area contributed by atoms with E-state index in [2.05, 4.69) is 5.32 Å². The molecule has 2 unspecified atom stereocenters. The lowest BCUT2D eigenvalue weighted by molar-refractivity contribution is -0.202. The maximum absolute atomic E-state index is 12.0. The molecule has 2 atom stereocenters. The Balaban J connectivity index is 2.44. The summed E-state index contributed by atoms with van der Waals surface area (Å²) in [7, 11) is 0. The van der Waals surface area contributed by atoms with Crippen LogP contribution in [0.1, 0.15) is 24.5 Å². The first kappa shape index (κ1) is 13.1. The molecule has 0 radical (unpaired) electrons. The second kappa shape index (κ2) is 4.88. The largest absolute Gasteiger partial charge is 0.465 e. The van der Waals surface area contributed by atoms with Crippen molar-refractivity contribution >= 4 is 0 Å².